The predicted molar refractivity (Wildman–Crippen MR) is 93.9 cm³/mol. The molecule has 3 rings (SSSR count). The number of aryl methyl sites for hydroxylation is 1. The molecule has 120 valence electrons. The number of rotatable bonds is 4. The first-order valence-electron chi connectivity index (χ1n) is 7.89. The minimum Gasteiger partial charge on any atom is -0.493 e. The maximum Gasteiger partial charge on any atom is 0.233 e. The number of para-hydroxylation sites is 1. The summed E-state index contributed by atoms with van der Waals surface area (Å²) in [5, 5.41) is 3.03. The SMILES string of the molecule is Cc1ccc(S[C@@H](C)C(=O)N[C@@H]2CCOc3ccccc32)cc1. The van der Waals surface area contributed by atoms with Crippen molar-refractivity contribution in [1.82, 2.24) is 5.32 Å². The van der Waals surface area contributed by atoms with Crippen LogP contribution in [0.1, 0.15) is 30.5 Å². The molecule has 0 saturated heterocycles. The maximum absolute atomic E-state index is 12.5. The van der Waals surface area contributed by atoms with Gasteiger partial charge in [0.1, 0.15) is 5.75 Å². The minimum absolute atomic E-state index is 0.0357. The van der Waals surface area contributed by atoms with E-state index in [2.05, 4.69) is 36.5 Å². The average molecular weight is 327 g/mol. The van der Waals surface area contributed by atoms with E-state index in [0.29, 0.717) is 6.61 Å². The summed E-state index contributed by atoms with van der Waals surface area (Å²) in [4.78, 5) is 13.6. The van der Waals surface area contributed by atoms with Crippen LogP contribution in [0.3, 0.4) is 0 Å². The first-order chi connectivity index (χ1) is 11.1. The van der Waals surface area contributed by atoms with E-state index in [0.717, 1.165) is 22.6 Å². The van der Waals surface area contributed by atoms with E-state index in [1.807, 2.05) is 31.2 Å². The summed E-state index contributed by atoms with van der Waals surface area (Å²) in [6.07, 6.45) is 0.810. The summed E-state index contributed by atoms with van der Waals surface area (Å²) in [5.41, 5.74) is 2.30. The molecule has 0 aliphatic carbocycles. The first kappa shape index (κ1) is 15.9. The lowest BCUT2D eigenvalue weighted by molar-refractivity contribution is -0.121. The molecule has 1 amide bonds. The van der Waals surface area contributed by atoms with Crippen molar-refractivity contribution in [3.8, 4) is 5.75 Å². The second kappa shape index (κ2) is 7.09. The molecule has 23 heavy (non-hydrogen) atoms. The molecule has 2 atom stereocenters. The fourth-order valence-corrected chi connectivity index (χ4v) is 3.53. The van der Waals surface area contributed by atoms with E-state index < -0.39 is 0 Å². The number of hydrogen-bond acceptors (Lipinski definition) is 3. The van der Waals surface area contributed by atoms with Crippen molar-refractivity contribution in [3.05, 3.63) is 59.7 Å². The van der Waals surface area contributed by atoms with Gasteiger partial charge in [-0.15, -0.1) is 11.8 Å². The number of ether oxygens (including phenoxy) is 1. The lowest BCUT2D eigenvalue weighted by Gasteiger charge is -2.27. The van der Waals surface area contributed by atoms with Crippen LogP contribution in [-0.4, -0.2) is 17.8 Å². The fourth-order valence-electron chi connectivity index (χ4n) is 2.66. The van der Waals surface area contributed by atoms with Gasteiger partial charge in [-0.25, -0.2) is 0 Å². The number of carbonyl (C=O) groups is 1. The highest BCUT2D eigenvalue weighted by molar-refractivity contribution is 8.00. The second-order valence-corrected chi connectivity index (χ2v) is 7.22. The highest BCUT2D eigenvalue weighted by atomic mass is 32.2. The number of amides is 1. The number of benzene rings is 2. The lowest BCUT2D eigenvalue weighted by atomic mass is 10.0. The van der Waals surface area contributed by atoms with Crippen LogP contribution < -0.4 is 10.1 Å². The van der Waals surface area contributed by atoms with Crippen LogP contribution in [0.5, 0.6) is 5.75 Å². The number of hydrogen-bond donors (Lipinski definition) is 1. The summed E-state index contributed by atoms with van der Waals surface area (Å²) in [6, 6.07) is 16.2. The third-order valence-electron chi connectivity index (χ3n) is 3.98. The van der Waals surface area contributed by atoms with Gasteiger partial charge in [-0.2, -0.15) is 0 Å². The topological polar surface area (TPSA) is 38.3 Å². The Morgan fingerprint density at radius 3 is 2.74 bits per heavy atom. The van der Waals surface area contributed by atoms with E-state index in [9.17, 15) is 4.79 Å². The van der Waals surface area contributed by atoms with Crippen LogP contribution in [0.2, 0.25) is 0 Å². The Labute approximate surface area is 141 Å². The molecule has 0 aromatic heterocycles. The molecular weight excluding hydrogens is 306 g/mol. The second-order valence-electron chi connectivity index (χ2n) is 5.81. The molecule has 1 aliphatic rings. The third kappa shape index (κ3) is 3.88. The largest absolute Gasteiger partial charge is 0.493 e. The molecule has 0 fully saturated rings. The van der Waals surface area contributed by atoms with Gasteiger partial charge < -0.3 is 10.1 Å². The molecular formula is C19H21NO2S. The summed E-state index contributed by atoms with van der Waals surface area (Å²) in [5.74, 6) is 0.945. The Hall–Kier alpha value is -1.94. The molecule has 0 spiro atoms. The molecule has 0 saturated carbocycles. The first-order valence-corrected chi connectivity index (χ1v) is 8.77. The number of carbonyl (C=O) groups excluding carboxylic acids is 1. The normalized spacial score (nSPS) is 17.7. The zero-order valence-electron chi connectivity index (χ0n) is 13.4. The van der Waals surface area contributed by atoms with Gasteiger partial charge in [0.2, 0.25) is 5.91 Å². The van der Waals surface area contributed by atoms with Crippen LogP contribution in [-0.2, 0) is 4.79 Å². The van der Waals surface area contributed by atoms with Crippen molar-refractivity contribution in [1.29, 1.82) is 0 Å². The molecule has 2 aromatic rings. The van der Waals surface area contributed by atoms with Gasteiger partial charge in [0.15, 0.2) is 0 Å². The third-order valence-corrected chi connectivity index (χ3v) is 5.09. The van der Waals surface area contributed by atoms with Crippen LogP contribution in [0, 0.1) is 6.92 Å². The molecule has 1 aliphatic heterocycles. The number of fused-ring (bicyclic) bond motifs is 1. The van der Waals surface area contributed by atoms with Crippen LogP contribution >= 0.6 is 11.8 Å². The van der Waals surface area contributed by atoms with Crippen LogP contribution in [0.4, 0.5) is 0 Å². The monoisotopic (exact) mass is 327 g/mol. The molecule has 3 nitrogen and oxygen atoms in total. The van der Waals surface area contributed by atoms with Gasteiger partial charge in [0, 0.05) is 16.9 Å². The molecule has 1 N–H and O–H groups in total. The van der Waals surface area contributed by atoms with Crippen molar-refractivity contribution >= 4 is 17.7 Å². The van der Waals surface area contributed by atoms with Crippen LogP contribution in [0.25, 0.3) is 0 Å². The van der Waals surface area contributed by atoms with E-state index in [-0.39, 0.29) is 17.2 Å². The predicted octanol–water partition coefficient (Wildman–Crippen LogP) is 4.12. The van der Waals surface area contributed by atoms with Gasteiger partial charge >= 0.3 is 0 Å². The summed E-state index contributed by atoms with van der Waals surface area (Å²) >= 11 is 1.59. The van der Waals surface area contributed by atoms with Crippen molar-refractivity contribution in [2.45, 2.75) is 36.5 Å². The summed E-state index contributed by atoms with van der Waals surface area (Å²) in [7, 11) is 0. The van der Waals surface area contributed by atoms with Crippen LogP contribution in [0.15, 0.2) is 53.4 Å². The van der Waals surface area contributed by atoms with Crippen molar-refractivity contribution in [3.63, 3.8) is 0 Å². The zero-order valence-corrected chi connectivity index (χ0v) is 14.2. The number of thioether (sulfide) groups is 1. The lowest BCUT2D eigenvalue weighted by Crippen LogP contribution is -2.36. The van der Waals surface area contributed by atoms with Gasteiger partial charge in [0.05, 0.1) is 17.9 Å². The fraction of sp³-hybridized carbons (Fsp3) is 0.316. The number of nitrogens with one attached hydrogen (secondary N) is 1. The Morgan fingerprint density at radius 1 is 1.22 bits per heavy atom. The van der Waals surface area contributed by atoms with E-state index in [1.54, 1.807) is 11.8 Å². The molecule has 0 unspecified atom stereocenters. The Bertz CT molecular complexity index is 684. The van der Waals surface area contributed by atoms with Gasteiger partial charge in [0.25, 0.3) is 0 Å². The van der Waals surface area contributed by atoms with Gasteiger partial charge in [-0.3, -0.25) is 4.79 Å². The summed E-state index contributed by atoms with van der Waals surface area (Å²) in [6.45, 7) is 4.65. The molecule has 2 aromatic carbocycles. The zero-order chi connectivity index (χ0) is 16.2. The Balaban J connectivity index is 1.64. The van der Waals surface area contributed by atoms with Crippen molar-refractivity contribution in [2.24, 2.45) is 0 Å². The van der Waals surface area contributed by atoms with Crippen molar-refractivity contribution < 1.29 is 9.53 Å². The smallest absolute Gasteiger partial charge is 0.233 e. The Morgan fingerprint density at radius 2 is 1.96 bits per heavy atom. The summed E-state index contributed by atoms with van der Waals surface area (Å²) < 4.78 is 5.65. The van der Waals surface area contributed by atoms with E-state index >= 15 is 0 Å². The molecule has 1 heterocycles. The van der Waals surface area contributed by atoms with Gasteiger partial charge in [-0.1, -0.05) is 35.9 Å². The molecule has 0 bridgehead atoms. The van der Waals surface area contributed by atoms with Gasteiger partial charge in [-0.05, 0) is 32.0 Å². The average Bonchev–Trinajstić information content (AvgIpc) is 2.57. The Kier molecular flexibility index (Phi) is 4.91. The van der Waals surface area contributed by atoms with E-state index in [4.69, 9.17) is 4.74 Å². The molecule has 4 heteroatoms. The van der Waals surface area contributed by atoms with E-state index in [1.165, 1.54) is 5.56 Å². The van der Waals surface area contributed by atoms with Crippen molar-refractivity contribution in [2.75, 3.05) is 6.61 Å². The quantitative estimate of drug-likeness (QED) is 0.859. The minimum atomic E-state index is -0.132. The highest BCUT2D eigenvalue weighted by Crippen LogP contribution is 2.32. The standard InChI is InChI=1S/C19H21NO2S/c1-13-7-9-15(10-8-13)23-14(2)19(21)20-17-11-12-22-18-6-4-3-5-16(17)18/h3-10,14,17H,11-12H2,1-2H3,(H,20,21)/t14-,17+/m0/s1. The highest BCUT2D eigenvalue weighted by Gasteiger charge is 2.24. The molecule has 0 radical (unpaired) electrons. The maximum atomic E-state index is 12.5.